The molecule has 1 aromatic rings. The van der Waals surface area contributed by atoms with Crippen molar-refractivity contribution in [3.8, 4) is 0 Å². The fourth-order valence-corrected chi connectivity index (χ4v) is 3.15. The van der Waals surface area contributed by atoms with E-state index in [4.69, 9.17) is 0 Å². The highest BCUT2D eigenvalue weighted by atomic mass is 14.9. The summed E-state index contributed by atoms with van der Waals surface area (Å²) in [6.07, 6.45) is 9.70. The molecule has 1 aromatic carbocycles. The van der Waals surface area contributed by atoms with Gasteiger partial charge in [0.05, 0.1) is 0 Å². The third-order valence-electron chi connectivity index (χ3n) is 4.69. The highest BCUT2D eigenvalue weighted by Crippen LogP contribution is 2.26. The molecular formula is C23H31N. The zero-order valence-corrected chi connectivity index (χ0v) is 15.7. The Morgan fingerprint density at radius 3 is 2.71 bits per heavy atom. The fraction of sp³-hybridized carbons (Fsp3) is 0.391. The first-order valence-electron chi connectivity index (χ1n) is 9.03. The van der Waals surface area contributed by atoms with Gasteiger partial charge in [-0.2, -0.15) is 0 Å². The van der Waals surface area contributed by atoms with Crippen molar-refractivity contribution in [2.24, 2.45) is 5.92 Å². The SMILES string of the molecule is C=C(C)/C1=C/c2ccc(CCC)cc2CC(C(C)C)N/C=C\C1=C. The summed E-state index contributed by atoms with van der Waals surface area (Å²) in [6, 6.07) is 7.33. The minimum atomic E-state index is 0.421. The summed E-state index contributed by atoms with van der Waals surface area (Å²) < 4.78 is 0. The Morgan fingerprint density at radius 2 is 2.08 bits per heavy atom. The first-order valence-corrected chi connectivity index (χ1v) is 9.03. The van der Waals surface area contributed by atoms with Gasteiger partial charge in [-0.05, 0) is 71.9 Å². The molecule has 24 heavy (non-hydrogen) atoms. The topological polar surface area (TPSA) is 12.0 Å². The number of allylic oxidation sites excluding steroid dienone is 4. The van der Waals surface area contributed by atoms with Crippen LogP contribution in [0.3, 0.4) is 0 Å². The second-order valence-electron chi connectivity index (χ2n) is 7.20. The van der Waals surface area contributed by atoms with E-state index in [1.54, 1.807) is 0 Å². The normalized spacial score (nSPS) is 21.5. The first kappa shape index (κ1) is 18.3. The van der Waals surface area contributed by atoms with Crippen molar-refractivity contribution in [1.29, 1.82) is 0 Å². The minimum Gasteiger partial charge on any atom is -0.388 e. The Morgan fingerprint density at radius 1 is 1.33 bits per heavy atom. The average Bonchev–Trinajstić information content (AvgIpc) is 2.52. The lowest BCUT2D eigenvalue weighted by atomic mass is 9.89. The molecule has 0 spiro atoms. The average molecular weight is 322 g/mol. The van der Waals surface area contributed by atoms with Crippen LogP contribution in [0.5, 0.6) is 0 Å². The summed E-state index contributed by atoms with van der Waals surface area (Å²) in [6.45, 7) is 17.2. The summed E-state index contributed by atoms with van der Waals surface area (Å²) in [5, 5.41) is 3.57. The van der Waals surface area contributed by atoms with Gasteiger partial charge in [0.1, 0.15) is 0 Å². The van der Waals surface area contributed by atoms with Crippen LogP contribution in [0.15, 0.2) is 60.4 Å². The van der Waals surface area contributed by atoms with E-state index in [0.29, 0.717) is 12.0 Å². The summed E-state index contributed by atoms with van der Waals surface area (Å²) in [4.78, 5) is 0. The number of fused-ring (bicyclic) bond motifs is 1. The van der Waals surface area contributed by atoms with Gasteiger partial charge >= 0.3 is 0 Å². The molecule has 128 valence electrons. The second-order valence-corrected chi connectivity index (χ2v) is 7.20. The Bertz CT molecular complexity index is 673. The van der Waals surface area contributed by atoms with Gasteiger partial charge in [-0.25, -0.2) is 0 Å². The molecule has 1 atom stereocenters. The molecule has 0 fully saturated rings. The molecule has 1 aliphatic rings. The van der Waals surface area contributed by atoms with Crippen LogP contribution < -0.4 is 5.32 Å². The molecule has 0 radical (unpaired) electrons. The van der Waals surface area contributed by atoms with Gasteiger partial charge < -0.3 is 5.32 Å². The second kappa shape index (κ2) is 8.19. The van der Waals surface area contributed by atoms with Crippen molar-refractivity contribution in [2.45, 2.75) is 53.0 Å². The monoisotopic (exact) mass is 321 g/mol. The zero-order valence-electron chi connectivity index (χ0n) is 15.7. The lowest BCUT2D eigenvalue weighted by molar-refractivity contribution is 0.438. The Labute approximate surface area is 147 Å². The van der Waals surface area contributed by atoms with E-state index in [9.17, 15) is 0 Å². The van der Waals surface area contributed by atoms with Crippen LogP contribution in [0.2, 0.25) is 0 Å². The molecule has 1 heterocycles. The zero-order chi connectivity index (χ0) is 17.7. The molecular weight excluding hydrogens is 290 g/mol. The highest BCUT2D eigenvalue weighted by molar-refractivity contribution is 5.68. The summed E-state index contributed by atoms with van der Waals surface area (Å²) >= 11 is 0. The van der Waals surface area contributed by atoms with Crippen LogP contribution in [-0.4, -0.2) is 6.04 Å². The van der Waals surface area contributed by atoms with Crippen LogP contribution >= 0.6 is 0 Å². The van der Waals surface area contributed by atoms with Gasteiger partial charge in [0.15, 0.2) is 0 Å². The Hall–Kier alpha value is -2.02. The first-order chi connectivity index (χ1) is 11.4. The molecule has 2 rings (SSSR count). The summed E-state index contributed by atoms with van der Waals surface area (Å²) in [5.74, 6) is 0.564. The maximum absolute atomic E-state index is 4.22. The lowest BCUT2D eigenvalue weighted by Gasteiger charge is -2.24. The number of hydrogen-bond donors (Lipinski definition) is 1. The van der Waals surface area contributed by atoms with Gasteiger partial charge in [-0.3, -0.25) is 0 Å². The lowest BCUT2D eigenvalue weighted by Crippen LogP contribution is -2.32. The van der Waals surface area contributed by atoms with E-state index < -0.39 is 0 Å². The summed E-state index contributed by atoms with van der Waals surface area (Å²) in [5.41, 5.74) is 7.30. The van der Waals surface area contributed by atoms with Crippen LogP contribution in [-0.2, 0) is 12.8 Å². The molecule has 1 aliphatic heterocycles. The molecule has 0 amide bonds. The van der Waals surface area contributed by atoms with Crippen molar-refractivity contribution in [3.63, 3.8) is 0 Å². The van der Waals surface area contributed by atoms with Gasteiger partial charge in [-0.1, -0.05) is 64.1 Å². The maximum Gasteiger partial charge on any atom is 0.0319 e. The highest BCUT2D eigenvalue weighted by Gasteiger charge is 2.16. The van der Waals surface area contributed by atoms with Gasteiger partial charge in [0, 0.05) is 6.04 Å². The third kappa shape index (κ3) is 4.50. The molecule has 0 aromatic heterocycles. The molecule has 0 bridgehead atoms. The third-order valence-corrected chi connectivity index (χ3v) is 4.69. The van der Waals surface area contributed by atoms with Gasteiger partial charge in [0.2, 0.25) is 0 Å². The van der Waals surface area contributed by atoms with E-state index >= 15 is 0 Å². The van der Waals surface area contributed by atoms with E-state index in [1.165, 1.54) is 23.1 Å². The Balaban J connectivity index is 2.56. The number of aryl methyl sites for hydroxylation is 1. The van der Waals surface area contributed by atoms with Crippen LogP contribution in [0, 0.1) is 5.92 Å². The Kier molecular flexibility index (Phi) is 6.25. The van der Waals surface area contributed by atoms with E-state index in [2.05, 4.69) is 69.6 Å². The number of benzene rings is 1. The van der Waals surface area contributed by atoms with Gasteiger partial charge in [0.25, 0.3) is 0 Å². The predicted octanol–water partition coefficient (Wildman–Crippen LogP) is 5.84. The van der Waals surface area contributed by atoms with E-state index in [1.807, 2.05) is 13.1 Å². The smallest absolute Gasteiger partial charge is 0.0319 e. The number of rotatable bonds is 4. The van der Waals surface area contributed by atoms with Crippen molar-refractivity contribution in [2.75, 3.05) is 0 Å². The van der Waals surface area contributed by atoms with Crippen LogP contribution in [0.4, 0.5) is 0 Å². The maximum atomic E-state index is 4.22. The van der Waals surface area contributed by atoms with E-state index in [0.717, 1.165) is 29.6 Å². The summed E-state index contributed by atoms with van der Waals surface area (Å²) in [7, 11) is 0. The molecule has 1 unspecified atom stereocenters. The number of hydrogen-bond acceptors (Lipinski definition) is 1. The molecule has 0 saturated carbocycles. The van der Waals surface area contributed by atoms with Crippen LogP contribution in [0.1, 0.15) is 50.8 Å². The predicted molar refractivity (Wildman–Crippen MR) is 107 cm³/mol. The van der Waals surface area contributed by atoms with Crippen molar-refractivity contribution in [3.05, 3.63) is 77.0 Å². The van der Waals surface area contributed by atoms with Crippen molar-refractivity contribution in [1.82, 2.24) is 5.32 Å². The molecule has 0 saturated heterocycles. The van der Waals surface area contributed by atoms with Crippen molar-refractivity contribution < 1.29 is 0 Å². The largest absolute Gasteiger partial charge is 0.388 e. The van der Waals surface area contributed by atoms with Crippen LogP contribution in [0.25, 0.3) is 6.08 Å². The quantitative estimate of drug-likeness (QED) is 0.734. The molecule has 0 aliphatic carbocycles. The van der Waals surface area contributed by atoms with E-state index in [-0.39, 0.29) is 0 Å². The standard InChI is InChI=1S/C23H31N/c1-7-8-19-9-10-20-14-22(16(2)3)18(6)11-12-24-23(17(4)5)15-21(20)13-19/h9-14,17,23-24H,2,6-8,15H2,1,3-5H3/b12-11-,22-14-. The van der Waals surface area contributed by atoms with Gasteiger partial charge in [-0.15, -0.1) is 0 Å². The molecule has 1 N–H and O–H groups in total. The van der Waals surface area contributed by atoms with Crippen molar-refractivity contribution >= 4 is 6.08 Å². The molecule has 1 heteroatoms. The fourth-order valence-electron chi connectivity index (χ4n) is 3.15. The minimum absolute atomic E-state index is 0.421. The number of nitrogens with one attached hydrogen (secondary N) is 1. The molecule has 1 nitrogen and oxygen atoms in total.